The summed E-state index contributed by atoms with van der Waals surface area (Å²) >= 11 is 1.79. The molecule has 19 heavy (non-hydrogen) atoms. The molecular formula is C15H24N2OS. The smallest absolute Gasteiger partial charge is 0.113 e. The van der Waals surface area contributed by atoms with Crippen LogP contribution in [0.5, 0.6) is 0 Å². The molecule has 0 spiro atoms. The molecule has 0 bridgehead atoms. The minimum absolute atomic E-state index is 0.134. The fourth-order valence-corrected chi connectivity index (χ4v) is 3.64. The summed E-state index contributed by atoms with van der Waals surface area (Å²) in [5.41, 5.74) is 1.34. The second-order valence-corrected chi connectivity index (χ2v) is 7.68. The molecule has 2 aliphatic rings. The molecule has 2 atom stereocenters. The summed E-state index contributed by atoms with van der Waals surface area (Å²) in [5, 5.41) is 7.16. The van der Waals surface area contributed by atoms with E-state index in [0.29, 0.717) is 18.2 Å². The largest absolute Gasteiger partial charge is 0.376 e. The standard InChI is InChI=1S/C15H24N2OS/c1-15(2,3)12-9-19-14(17-12)13(16-10-6-7-10)11-5-4-8-18-11/h9-11,13,16H,4-8H2,1-3H3. The van der Waals surface area contributed by atoms with Crippen molar-refractivity contribution in [3.63, 3.8) is 0 Å². The van der Waals surface area contributed by atoms with Gasteiger partial charge in [-0.3, -0.25) is 0 Å². The average Bonchev–Trinajstić information content (AvgIpc) is 2.86. The van der Waals surface area contributed by atoms with Crippen LogP contribution >= 0.6 is 11.3 Å². The molecular weight excluding hydrogens is 256 g/mol. The normalized spacial score (nSPS) is 25.7. The summed E-state index contributed by atoms with van der Waals surface area (Å²) in [4.78, 5) is 4.88. The fourth-order valence-electron chi connectivity index (χ4n) is 2.48. The van der Waals surface area contributed by atoms with Crippen molar-refractivity contribution < 1.29 is 4.74 Å². The van der Waals surface area contributed by atoms with Gasteiger partial charge in [0.05, 0.1) is 17.8 Å². The van der Waals surface area contributed by atoms with Gasteiger partial charge in [-0.15, -0.1) is 11.3 Å². The van der Waals surface area contributed by atoms with Gasteiger partial charge in [-0.05, 0) is 25.7 Å². The topological polar surface area (TPSA) is 34.1 Å². The minimum atomic E-state index is 0.134. The summed E-state index contributed by atoms with van der Waals surface area (Å²) < 4.78 is 5.90. The van der Waals surface area contributed by atoms with Crippen molar-refractivity contribution in [2.24, 2.45) is 0 Å². The molecule has 1 aromatic rings. The van der Waals surface area contributed by atoms with E-state index in [-0.39, 0.29) is 5.41 Å². The molecule has 1 saturated carbocycles. The number of nitrogens with one attached hydrogen (secondary N) is 1. The van der Waals surface area contributed by atoms with Crippen molar-refractivity contribution >= 4 is 11.3 Å². The van der Waals surface area contributed by atoms with Crippen LogP contribution in [0.3, 0.4) is 0 Å². The van der Waals surface area contributed by atoms with E-state index in [9.17, 15) is 0 Å². The molecule has 1 aromatic heterocycles. The fraction of sp³-hybridized carbons (Fsp3) is 0.800. The highest BCUT2D eigenvalue weighted by atomic mass is 32.1. The Kier molecular flexibility index (Phi) is 3.67. The number of rotatable bonds is 4. The quantitative estimate of drug-likeness (QED) is 0.917. The zero-order valence-electron chi connectivity index (χ0n) is 12.1. The number of thiazole rings is 1. The van der Waals surface area contributed by atoms with Crippen molar-refractivity contribution in [3.8, 4) is 0 Å². The van der Waals surface area contributed by atoms with E-state index >= 15 is 0 Å². The van der Waals surface area contributed by atoms with Crippen molar-refractivity contribution in [1.29, 1.82) is 0 Å². The molecule has 1 N–H and O–H groups in total. The Morgan fingerprint density at radius 1 is 1.37 bits per heavy atom. The predicted octanol–water partition coefficient (Wildman–Crippen LogP) is 3.41. The van der Waals surface area contributed by atoms with E-state index in [1.807, 2.05) is 0 Å². The van der Waals surface area contributed by atoms with Gasteiger partial charge in [0.25, 0.3) is 0 Å². The average molecular weight is 280 g/mol. The van der Waals surface area contributed by atoms with Gasteiger partial charge in [0.1, 0.15) is 5.01 Å². The van der Waals surface area contributed by atoms with Crippen LogP contribution in [0.2, 0.25) is 0 Å². The van der Waals surface area contributed by atoms with E-state index in [0.717, 1.165) is 13.0 Å². The van der Waals surface area contributed by atoms with Gasteiger partial charge >= 0.3 is 0 Å². The molecule has 3 nitrogen and oxygen atoms in total. The van der Waals surface area contributed by atoms with Gasteiger partial charge in [0.15, 0.2) is 0 Å². The number of hydrogen-bond donors (Lipinski definition) is 1. The van der Waals surface area contributed by atoms with Crippen molar-refractivity contribution in [3.05, 3.63) is 16.1 Å². The summed E-state index contributed by atoms with van der Waals surface area (Å²) in [6.45, 7) is 7.58. The van der Waals surface area contributed by atoms with Crippen LogP contribution in [0.4, 0.5) is 0 Å². The van der Waals surface area contributed by atoms with E-state index in [4.69, 9.17) is 9.72 Å². The molecule has 0 aromatic carbocycles. The van der Waals surface area contributed by atoms with Crippen LogP contribution in [0, 0.1) is 0 Å². The van der Waals surface area contributed by atoms with Crippen LogP contribution in [-0.4, -0.2) is 23.7 Å². The zero-order chi connectivity index (χ0) is 13.5. The Bertz CT molecular complexity index is 428. The predicted molar refractivity (Wildman–Crippen MR) is 78.7 cm³/mol. The molecule has 1 aliphatic carbocycles. The van der Waals surface area contributed by atoms with Gasteiger partial charge in [0.2, 0.25) is 0 Å². The zero-order valence-corrected chi connectivity index (χ0v) is 12.9. The van der Waals surface area contributed by atoms with Crippen LogP contribution in [0.25, 0.3) is 0 Å². The third-order valence-corrected chi connectivity index (χ3v) is 4.81. The molecule has 4 heteroatoms. The van der Waals surface area contributed by atoms with Crippen LogP contribution in [0.15, 0.2) is 5.38 Å². The van der Waals surface area contributed by atoms with E-state index in [2.05, 4.69) is 31.5 Å². The van der Waals surface area contributed by atoms with Gasteiger partial charge < -0.3 is 10.1 Å². The van der Waals surface area contributed by atoms with Gasteiger partial charge in [-0.25, -0.2) is 4.98 Å². The molecule has 0 amide bonds. The first kappa shape index (κ1) is 13.5. The molecule has 106 valence electrons. The summed E-state index contributed by atoms with van der Waals surface area (Å²) in [5.74, 6) is 0. The lowest BCUT2D eigenvalue weighted by Gasteiger charge is -2.22. The highest BCUT2D eigenvalue weighted by Crippen LogP contribution is 2.34. The SMILES string of the molecule is CC(C)(C)c1csc(C(NC2CC2)C2CCCO2)n1. The van der Waals surface area contributed by atoms with Gasteiger partial charge in [-0.2, -0.15) is 0 Å². The third-order valence-electron chi connectivity index (χ3n) is 3.89. The Morgan fingerprint density at radius 2 is 2.16 bits per heavy atom. The number of hydrogen-bond acceptors (Lipinski definition) is 4. The van der Waals surface area contributed by atoms with Crippen molar-refractivity contribution in [2.45, 2.75) is 70.1 Å². The molecule has 1 aliphatic heterocycles. The lowest BCUT2D eigenvalue weighted by Crippen LogP contribution is -2.33. The van der Waals surface area contributed by atoms with Crippen LogP contribution in [-0.2, 0) is 10.2 Å². The van der Waals surface area contributed by atoms with Crippen molar-refractivity contribution in [1.82, 2.24) is 10.3 Å². The molecule has 2 fully saturated rings. The van der Waals surface area contributed by atoms with Gasteiger partial charge in [0, 0.05) is 23.4 Å². The maximum atomic E-state index is 5.90. The Hall–Kier alpha value is -0.450. The van der Waals surface area contributed by atoms with E-state index in [1.54, 1.807) is 11.3 Å². The second-order valence-electron chi connectivity index (χ2n) is 6.79. The first-order valence-corrected chi connectivity index (χ1v) is 8.25. The summed E-state index contributed by atoms with van der Waals surface area (Å²) in [6, 6.07) is 0.993. The maximum absolute atomic E-state index is 5.90. The second kappa shape index (κ2) is 5.15. The first-order valence-electron chi connectivity index (χ1n) is 7.37. The molecule has 0 radical (unpaired) electrons. The summed E-state index contributed by atoms with van der Waals surface area (Å²) in [7, 11) is 0. The number of ether oxygens (including phenoxy) is 1. The molecule has 3 rings (SSSR count). The van der Waals surface area contributed by atoms with Crippen LogP contribution < -0.4 is 5.32 Å². The van der Waals surface area contributed by atoms with E-state index in [1.165, 1.54) is 30.0 Å². The lowest BCUT2D eigenvalue weighted by molar-refractivity contribution is 0.0773. The Morgan fingerprint density at radius 3 is 2.68 bits per heavy atom. The lowest BCUT2D eigenvalue weighted by atomic mass is 9.93. The minimum Gasteiger partial charge on any atom is -0.376 e. The Balaban J connectivity index is 1.79. The Labute approximate surface area is 119 Å². The highest BCUT2D eigenvalue weighted by molar-refractivity contribution is 7.09. The maximum Gasteiger partial charge on any atom is 0.113 e. The molecule has 2 unspecified atom stereocenters. The monoisotopic (exact) mass is 280 g/mol. The summed E-state index contributed by atoms with van der Waals surface area (Å²) in [6.07, 6.45) is 5.28. The number of nitrogens with zero attached hydrogens (tertiary/aromatic N) is 1. The number of aromatic nitrogens is 1. The highest BCUT2D eigenvalue weighted by Gasteiger charge is 2.34. The molecule has 1 saturated heterocycles. The first-order chi connectivity index (χ1) is 9.04. The third kappa shape index (κ3) is 3.18. The van der Waals surface area contributed by atoms with Crippen molar-refractivity contribution in [2.75, 3.05) is 6.61 Å². The van der Waals surface area contributed by atoms with E-state index < -0.39 is 0 Å². The van der Waals surface area contributed by atoms with Gasteiger partial charge in [-0.1, -0.05) is 20.8 Å². The molecule has 2 heterocycles. The van der Waals surface area contributed by atoms with Crippen LogP contribution in [0.1, 0.15) is 63.2 Å².